The summed E-state index contributed by atoms with van der Waals surface area (Å²) >= 11 is 0. The van der Waals surface area contributed by atoms with Gasteiger partial charge < -0.3 is 4.74 Å². The number of hydrogen-bond acceptors (Lipinski definition) is 4. The maximum Gasteiger partial charge on any atom is 0.326 e. The summed E-state index contributed by atoms with van der Waals surface area (Å²) in [5.41, 5.74) is 0. The van der Waals surface area contributed by atoms with E-state index in [-0.39, 0.29) is 18.2 Å². The van der Waals surface area contributed by atoms with Gasteiger partial charge in [0, 0.05) is 25.7 Å². The first-order valence-corrected chi connectivity index (χ1v) is 5.30. The Kier molecular flexibility index (Phi) is 2.49. The van der Waals surface area contributed by atoms with E-state index in [9.17, 15) is 4.79 Å². The molecule has 4 heteroatoms. The van der Waals surface area contributed by atoms with Gasteiger partial charge in [-0.1, -0.05) is 0 Å². The lowest BCUT2D eigenvalue weighted by atomic mass is 10.1. The Hall–Kier alpha value is -0.610. The third-order valence-electron chi connectivity index (χ3n) is 3.21. The SMILES string of the molecule is CC(C)N1CCN2C(C)OC(=O)C2C1. The molecule has 2 aliphatic rings. The lowest BCUT2D eigenvalue weighted by molar-refractivity contribution is -0.142. The zero-order chi connectivity index (χ0) is 10.3. The Morgan fingerprint density at radius 2 is 2.14 bits per heavy atom. The van der Waals surface area contributed by atoms with Crippen LogP contribution >= 0.6 is 0 Å². The van der Waals surface area contributed by atoms with Crippen molar-refractivity contribution in [3.63, 3.8) is 0 Å². The van der Waals surface area contributed by atoms with E-state index in [4.69, 9.17) is 4.74 Å². The standard InChI is InChI=1S/C10H18N2O2/c1-7(2)11-4-5-12-8(3)14-10(13)9(12)6-11/h7-9H,4-6H2,1-3H3. The van der Waals surface area contributed by atoms with Gasteiger partial charge in [0.2, 0.25) is 0 Å². The number of esters is 1. The molecule has 2 rings (SSSR count). The molecule has 80 valence electrons. The predicted octanol–water partition coefficient (Wildman–Crippen LogP) is 0.284. The van der Waals surface area contributed by atoms with Crippen LogP contribution in [-0.4, -0.2) is 53.7 Å². The van der Waals surface area contributed by atoms with Gasteiger partial charge in [-0.3, -0.25) is 14.6 Å². The molecule has 0 spiro atoms. The number of nitrogens with zero attached hydrogens (tertiary/aromatic N) is 2. The maximum atomic E-state index is 11.5. The molecule has 14 heavy (non-hydrogen) atoms. The van der Waals surface area contributed by atoms with Gasteiger partial charge in [-0.15, -0.1) is 0 Å². The van der Waals surface area contributed by atoms with Crippen molar-refractivity contribution >= 4 is 5.97 Å². The molecule has 2 fully saturated rings. The van der Waals surface area contributed by atoms with Crippen LogP contribution in [0.15, 0.2) is 0 Å². The highest BCUT2D eigenvalue weighted by atomic mass is 16.6. The maximum absolute atomic E-state index is 11.5. The largest absolute Gasteiger partial charge is 0.445 e. The molecule has 4 nitrogen and oxygen atoms in total. The van der Waals surface area contributed by atoms with Gasteiger partial charge in [0.25, 0.3) is 0 Å². The number of cyclic esters (lactones) is 1. The van der Waals surface area contributed by atoms with Gasteiger partial charge in [0.15, 0.2) is 6.23 Å². The summed E-state index contributed by atoms with van der Waals surface area (Å²) < 4.78 is 5.20. The lowest BCUT2D eigenvalue weighted by Gasteiger charge is -2.38. The van der Waals surface area contributed by atoms with E-state index in [1.165, 1.54) is 0 Å². The zero-order valence-electron chi connectivity index (χ0n) is 9.06. The van der Waals surface area contributed by atoms with Gasteiger partial charge in [0.1, 0.15) is 6.04 Å². The average Bonchev–Trinajstić information content (AvgIpc) is 2.42. The molecule has 0 N–H and O–H groups in total. The van der Waals surface area contributed by atoms with Gasteiger partial charge >= 0.3 is 5.97 Å². The van der Waals surface area contributed by atoms with Crippen molar-refractivity contribution in [2.24, 2.45) is 0 Å². The van der Waals surface area contributed by atoms with Crippen LogP contribution in [-0.2, 0) is 9.53 Å². The van der Waals surface area contributed by atoms with Crippen molar-refractivity contribution in [2.45, 2.75) is 39.1 Å². The predicted molar refractivity (Wildman–Crippen MR) is 52.8 cm³/mol. The third kappa shape index (κ3) is 1.53. The Bertz CT molecular complexity index is 242. The van der Waals surface area contributed by atoms with Crippen molar-refractivity contribution in [1.29, 1.82) is 0 Å². The molecular weight excluding hydrogens is 180 g/mol. The quantitative estimate of drug-likeness (QED) is 0.567. The Morgan fingerprint density at radius 1 is 1.43 bits per heavy atom. The number of carbonyl (C=O) groups excluding carboxylic acids is 1. The summed E-state index contributed by atoms with van der Waals surface area (Å²) in [7, 11) is 0. The average molecular weight is 198 g/mol. The molecule has 0 amide bonds. The number of carbonyl (C=O) groups is 1. The molecule has 0 aliphatic carbocycles. The minimum atomic E-state index is -0.0529. The van der Waals surface area contributed by atoms with E-state index in [0.29, 0.717) is 6.04 Å². The van der Waals surface area contributed by atoms with Crippen LogP contribution in [0.4, 0.5) is 0 Å². The Labute approximate surface area is 84.8 Å². The summed E-state index contributed by atoms with van der Waals surface area (Å²) in [6, 6.07) is 0.488. The molecule has 2 unspecified atom stereocenters. The van der Waals surface area contributed by atoms with Crippen LogP contribution in [0.2, 0.25) is 0 Å². The van der Waals surface area contributed by atoms with Gasteiger partial charge in [-0.05, 0) is 20.8 Å². The molecule has 2 aliphatic heterocycles. The van der Waals surface area contributed by atoms with Crippen LogP contribution in [0, 0.1) is 0 Å². The van der Waals surface area contributed by atoms with E-state index in [0.717, 1.165) is 19.6 Å². The first kappa shape index (κ1) is 9.93. The molecule has 0 radical (unpaired) electrons. The topological polar surface area (TPSA) is 32.8 Å². The van der Waals surface area contributed by atoms with E-state index < -0.39 is 0 Å². The van der Waals surface area contributed by atoms with Crippen LogP contribution < -0.4 is 0 Å². The molecule has 0 bridgehead atoms. The van der Waals surface area contributed by atoms with E-state index in [1.807, 2.05) is 6.92 Å². The van der Waals surface area contributed by atoms with Crippen molar-refractivity contribution in [3.8, 4) is 0 Å². The van der Waals surface area contributed by atoms with Gasteiger partial charge in [0.05, 0.1) is 0 Å². The van der Waals surface area contributed by atoms with E-state index in [1.54, 1.807) is 0 Å². The normalized spacial score (nSPS) is 34.7. The van der Waals surface area contributed by atoms with Crippen LogP contribution in [0.3, 0.4) is 0 Å². The smallest absolute Gasteiger partial charge is 0.326 e. The van der Waals surface area contributed by atoms with Crippen molar-refractivity contribution in [1.82, 2.24) is 9.80 Å². The highest BCUT2D eigenvalue weighted by Gasteiger charge is 2.43. The fraction of sp³-hybridized carbons (Fsp3) is 0.900. The molecule has 0 aromatic carbocycles. The Morgan fingerprint density at radius 3 is 2.79 bits per heavy atom. The Balaban J connectivity index is 2.06. The fourth-order valence-electron chi connectivity index (χ4n) is 2.25. The first-order chi connectivity index (χ1) is 6.59. The molecule has 0 saturated carbocycles. The van der Waals surface area contributed by atoms with Crippen LogP contribution in [0.5, 0.6) is 0 Å². The van der Waals surface area contributed by atoms with E-state index in [2.05, 4.69) is 23.6 Å². The zero-order valence-corrected chi connectivity index (χ0v) is 9.06. The second-order valence-corrected chi connectivity index (χ2v) is 4.38. The minimum absolute atomic E-state index is 0.0261. The first-order valence-electron chi connectivity index (χ1n) is 5.30. The number of fused-ring (bicyclic) bond motifs is 1. The third-order valence-corrected chi connectivity index (χ3v) is 3.21. The number of hydrogen-bond donors (Lipinski definition) is 0. The number of piperazine rings is 1. The summed E-state index contributed by atoms with van der Waals surface area (Å²) in [5, 5.41) is 0. The van der Waals surface area contributed by atoms with Crippen LogP contribution in [0.1, 0.15) is 20.8 Å². The molecule has 2 atom stereocenters. The van der Waals surface area contributed by atoms with Gasteiger partial charge in [-0.2, -0.15) is 0 Å². The van der Waals surface area contributed by atoms with Crippen molar-refractivity contribution in [2.75, 3.05) is 19.6 Å². The second-order valence-electron chi connectivity index (χ2n) is 4.38. The number of rotatable bonds is 1. The highest BCUT2D eigenvalue weighted by molar-refractivity contribution is 5.78. The molecule has 2 heterocycles. The summed E-state index contributed by atoms with van der Waals surface area (Å²) in [6.07, 6.45) is -0.0261. The van der Waals surface area contributed by atoms with Crippen molar-refractivity contribution in [3.05, 3.63) is 0 Å². The highest BCUT2D eigenvalue weighted by Crippen LogP contribution is 2.23. The molecule has 0 aromatic rings. The fourth-order valence-corrected chi connectivity index (χ4v) is 2.25. The molecule has 2 saturated heterocycles. The molecular formula is C10H18N2O2. The van der Waals surface area contributed by atoms with Crippen molar-refractivity contribution < 1.29 is 9.53 Å². The monoisotopic (exact) mass is 198 g/mol. The summed E-state index contributed by atoms with van der Waals surface area (Å²) in [4.78, 5) is 16.0. The summed E-state index contributed by atoms with van der Waals surface area (Å²) in [5.74, 6) is -0.0529. The van der Waals surface area contributed by atoms with Gasteiger partial charge in [-0.25, -0.2) is 0 Å². The number of ether oxygens (including phenoxy) is 1. The van der Waals surface area contributed by atoms with Crippen LogP contribution in [0.25, 0.3) is 0 Å². The molecule has 0 aromatic heterocycles. The second kappa shape index (κ2) is 3.51. The van der Waals surface area contributed by atoms with E-state index >= 15 is 0 Å². The lowest BCUT2D eigenvalue weighted by Crippen LogP contribution is -2.55. The summed E-state index contributed by atoms with van der Waals surface area (Å²) in [6.45, 7) is 9.08. The minimum Gasteiger partial charge on any atom is -0.445 e.